The maximum atomic E-state index is 12.5. The zero-order valence-corrected chi connectivity index (χ0v) is 15.9. The minimum atomic E-state index is -3.79. The van der Waals surface area contributed by atoms with Crippen molar-refractivity contribution in [1.29, 1.82) is 0 Å². The average molecular weight is 382 g/mol. The van der Waals surface area contributed by atoms with E-state index in [1.807, 2.05) is 6.92 Å². The van der Waals surface area contributed by atoms with Crippen LogP contribution in [0.4, 0.5) is 0 Å². The third-order valence-corrected chi connectivity index (χ3v) is 5.05. The van der Waals surface area contributed by atoms with Gasteiger partial charge in [-0.15, -0.1) is 0 Å². The molecule has 0 unspecified atom stereocenters. The number of rotatable bonds is 8. The van der Waals surface area contributed by atoms with Crippen LogP contribution < -0.4 is 14.2 Å². The molecule has 0 aliphatic heterocycles. The number of ether oxygens (including phenoxy) is 3. The SMILES string of the molecule is CCOc1ccc(CNS(=O)(=O)c2cc(C(=O)OC)n(C)c2)cc1OC. The summed E-state index contributed by atoms with van der Waals surface area (Å²) in [6, 6.07) is 6.45. The van der Waals surface area contributed by atoms with Crippen LogP contribution in [0.1, 0.15) is 23.0 Å². The number of esters is 1. The van der Waals surface area contributed by atoms with Crippen LogP contribution >= 0.6 is 0 Å². The Morgan fingerprint density at radius 3 is 2.54 bits per heavy atom. The second-order valence-corrected chi connectivity index (χ2v) is 7.17. The quantitative estimate of drug-likeness (QED) is 0.698. The highest BCUT2D eigenvalue weighted by molar-refractivity contribution is 7.89. The lowest BCUT2D eigenvalue weighted by Crippen LogP contribution is -2.23. The van der Waals surface area contributed by atoms with Crippen molar-refractivity contribution < 1.29 is 27.4 Å². The van der Waals surface area contributed by atoms with Crippen molar-refractivity contribution in [3.8, 4) is 11.5 Å². The fraction of sp³-hybridized carbons (Fsp3) is 0.353. The predicted molar refractivity (Wildman–Crippen MR) is 94.9 cm³/mol. The minimum absolute atomic E-state index is 0.0155. The lowest BCUT2D eigenvalue weighted by molar-refractivity contribution is 0.0590. The molecule has 2 rings (SSSR count). The van der Waals surface area contributed by atoms with Gasteiger partial charge in [-0.25, -0.2) is 17.9 Å². The number of nitrogens with zero attached hydrogens (tertiary/aromatic N) is 1. The van der Waals surface area contributed by atoms with Gasteiger partial charge in [-0.3, -0.25) is 0 Å². The highest BCUT2D eigenvalue weighted by Crippen LogP contribution is 2.28. The smallest absolute Gasteiger partial charge is 0.354 e. The van der Waals surface area contributed by atoms with E-state index in [2.05, 4.69) is 9.46 Å². The lowest BCUT2D eigenvalue weighted by Gasteiger charge is -2.11. The Morgan fingerprint density at radius 1 is 1.19 bits per heavy atom. The van der Waals surface area contributed by atoms with Crippen molar-refractivity contribution in [3.63, 3.8) is 0 Å². The molecule has 1 N–H and O–H groups in total. The van der Waals surface area contributed by atoms with Crippen LogP contribution in [0.5, 0.6) is 11.5 Å². The van der Waals surface area contributed by atoms with Crippen molar-refractivity contribution in [3.05, 3.63) is 41.7 Å². The summed E-state index contributed by atoms with van der Waals surface area (Å²) < 4.78 is 44.2. The van der Waals surface area contributed by atoms with Crippen LogP contribution in [0.2, 0.25) is 0 Å². The van der Waals surface area contributed by atoms with E-state index in [1.54, 1.807) is 25.2 Å². The molecule has 8 nitrogen and oxygen atoms in total. The fourth-order valence-corrected chi connectivity index (χ4v) is 3.43. The Labute approximate surface area is 152 Å². The number of aryl methyl sites for hydroxylation is 1. The number of sulfonamides is 1. The van der Waals surface area contributed by atoms with Gasteiger partial charge in [0.05, 0.1) is 20.8 Å². The van der Waals surface area contributed by atoms with Crippen LogP contribution in [0.25, 0.3) is 0 Å². The first-order valence-corrected chi connectivity index (χ1v) is 9.34. The van der Waals surface area contributed by atoms with Gasteiger partial charge in [0.25, 0.3) is 0 Å². The van der Waals surface area contributed by atoms with E-state index in [0.717, 1.165) is 0 Å². The van der Waals surface area contributed by atoms with E-state index in [-0.39, 0.29) is 17.1 Å². The van der Waals surface area contributed by atoms with Gasteiger partial charge in [-0.05, 0) is 30.7 Å². The topological polar surface area (TPSA) is 95.9 Å². The number of benzene rings is 1. The van der Waals surface area contributed by atoms with Gasteiger partial charge in [-0.2, -0.15) is 0 Å². The molecule has 1 aromatic carbocycles. The van der Waals surface area contributed by atoms with Crippen molar-refractivity contribution in [2.45, 2.75) is 18.4 Å². The van der Waals surface area contributed by atoms with Gasteiger partial charge in [0.2, 0.25) is 10.0 Å². The second-order valence-electron chi connectivity index (χ2n) is 5.41. The molecule has 2 aromatic rings. The monoisotopic (exact) mass is 382 g/mol. The molecule has 0 spiro atoms. The molecule has 1 heterocycles. The normalized spacial score (nSPS) is 11.2. The molecule has 1 aromatic heterocycles. The highest BCUT2D eigenvalue weighted by atomic mass is 32.2. The zero-order chi connectivity index (χ0) is 19.3. The summed E-state index contributed by atoms with van der Waals surface area (Å²) in [5.74, 6) is 0.508. The van der Waals surface area contributed by atoms with E-state index in [1.165, 1.54) is 31.0 Å². The molecular formula is C17H22N2O6S. The zero-order valence-electron chi connectivity index (χ0n) is 15.1. The number of carbonyl (C=O) groups excluding carboxylic acids is 1. The summed E-state index contributed by atoms with van der Waals surface area (Å²) in [4.78, 5) is 11.6. The van der Waals surface area contributed by atoms with Crippen LogP contribution in [0.15, 0.2) is 35.4 Å². The third kappa shape index (κ3) is 4.36. The molecule has 0 bridgehead atoms. The van der Waals surface area contributed by atoms with Crippen molar-refractivity contribution in [2.75, 3.05) is 20.8 Å². The van der Waals surface area contributed by atoms with Crippen LogP contribution in [0.3, 0.4) is 0 Å². The largest absolute Gasteiger partial charge is 0.493 e. The van der Waals surface area contributed by atoms with Crippen molar-refractivity contribution in [2.24, 2.45) is 7.05 Å². The van der Waals surface area contributed by atoms with Crippen molar-refractivity contribution >= 4 is 16.0 Å². The Kier molecular flexibility index (Phi) is 6.27. The summed E-state index contributed by atoms with van der Waals surface area (Å²) >= 11 is 0. The van der Waals surface area contributed by atoms with Gasteiger partial charge in [0, 0.05) is 19.8 Å². The molecule has 0 aliphatic carbocycles. The number of methoxy groups -OCH3 is 2. The van der Waals surface area contributed by atoms with Crippen LogP contribution in [0, 0.1) is 0 Å². The van der Waals surface area contributed by atoms with E-state index < -0.39 is 16.0 Å². The van der Waals surface area contributed by atoms with E-state index in [9.17, 15) is 13.2 Å². The predicted octanol–water partition coefficient (Wildman–Crippen LogP) is 1.70. The number of aromatic nitrogens is 1. The maximum Gasteiger partial charge on any atom is 0.354 e. The Hall–Kier alpha value is -2.52. The van der Waals surface area contributed by atoms with Gasteiger partial charge in [-0.1, -0.05) is 6.07 Å². The van der Waals surface area contributed by atoms with Gasteiger partial charge in [0.15, 0.2) is 11.5 Å². The summed E-state index contributed by atoms with van der Waals surface area (Å²) in [6.07, 6.45) is 1.35. The maximum absolute atomic E-state index is 12.5. The first-order chi connectivity index (χ1) is 12.3. The minimum Gasteiger partial charge on any atom is -0.493 e. The van der Waals surface area contributed by atoms with E-state index in [4.69, 9.17) is 9.47 Å². The molecule has 0 atom stereocenters. The van der Waals surface area contributed by atoms with Gasteiger partial charge < -0.3 is 18.8 Å². The third-order valence-electron chi connectivity index (χ3n) is 3.68. The van der Waals surface area contributed by atoms with Gasteiger partial charge in [0.1, 0.15) is 10.6 Å². The number of hydrogen-bond acceptors (Lipinski definition) is 6. The summed E-state index contributed by atoms with van der Waals surface area (Å²) in [5.41, 5.74) is 0.855. The molecular weight excluding hydrogens is 360 g/mol. The Morgan fingerprint density at radius 2 is 1.92 bits per heavy atom. The average Bonchev–Trinajstić information content (AvgIpc) is 3.03. The van der Waals surface area contributed by atoms with Crippen LogP contribution in [-0.4, -0.2) is 39.8 Å². The number of carbonyl (C=O) groups is 1. The first kappa shape index (κ1) is 19.8. The fourth-order valence-electron chi connectivity index (χ4n) is 2.35. The molecule has 0 saturated heterocycles. The van der Waals surface area contributed by atoms with Crippen molar-refractivity contribution in [1.82, 2.24) is 9.29 Å². The van der Waals surface area contributed by atoms with E-state index in [0.29, 0.717) is 23.7 Å². The summed E-state index contributed by atoms with van der Waals surface area (Å²) in [5, 5.41) is 0. The molecule has 0 saturated carbocycles. The molecule has 0 fully saturated rings. The lowest BCUT2D eigenvalue weighted by atomic mass is 10.2. The van der Waals surface area contributed by atoms with Crippen LogP contribution in [-0.2, 0) is 28.4 Å². The molecule has 9 heteroatoms. The molecule has 0 radical (unpaired) electrons. The standard InChI is InChI=1S/C17H22N2O6S/c1-5-25-15-7-6-12(8-16(15)23-3)10-18-26(21,22)13-9-14(17(20)24-4)19(2)11-13/h6-9,11,18H,5,10H2,1-4H3. The molecule has 26 heavy (non-hydrogen) atoms. The Balaban J connectivity index is 2.17. The summed E-state index contributed by atoms with van der Waals surface area (Å²) in [7, 11) is 0.535. The molecule has 0 amide bonds. The second kappa shape index (κ2) is 8.24. The number of hydrogen-bond donors (Lipinski definition) is 1. The van der Waals surface area contributed by atoms with Gasteiger partial charge >= 0.3 is 5.97 Å². The first-order valence-electron chi connectivity index (χ1n) is 7.86. The molecule has 142 valence electrons. The van der Waals surface area contributed by atoms with E-state index >= 15 is 0 Å². The highest BCUT2D eigenvalue weighted by Gasteiger charge is 2.21. The summed E-state index contributed by atoms with van der Waals surface area (Å²) in [6.45, 7) is 2.43. The Bertz CT molecular complexity index is 889. The molecule has 0 aliphatic rings. The number of nitrogens with one attached hydrogen (secondary N) is 1.